The van der Waals surface area contributed by atoms with Crippen molar-refractivity contribution in [3.8, 4) is 5.75 Å². The monoisotopic (exact) mass is 314 g/mol. The Labute approximate surface area is 114 Å². The summed E-state index contributed by atoms with van der Waals surface area (Å²) in [6, 6.07) is 3.86. The number of fused-ring (bicyclic) bond motifs is 1. The Morgan fingerprint density at radius 3 is 2.89 bits per heavy atom. The summed E-state index contributed by atoms with van der Waals surface area (Å²) < 4.78 is 11.7. The number of ether oxygens (including phenoxy) is 2. The van der Waals surface area contributed by atoms with Gasteiger partial charge in [0.2, 0.25) is 0 Å². The minimum absolute atomic E-state index is 0.0557. The van der Waals surface area contributed by atoms with Crippen LogP contribution in [0, 0.1) is 0 Å². The van der Waals surface area contributed by atoms with Crippen LogP contribution in [0.15, 0.2) is 16.6 Å². The highest BCUT2D eigenvalue weighted by Crippen LogP contribution is 2.40. The topological polar surface area (TPSA) is 55.8 Å². The van der Waals surface area contributed by atoms with Crippen LogP contribution in [0.25, 0.3) is 0 Å². The van der Waals surface area contributed by atoms with E-state index in [0.717, 1.165) is 21.3 Å². The molecule has 5 heteroatoms. The standard InChI is InChI=1S/C13H15BrO4/c1-13(2,5-11(15)16)10-4-9(14)3-8-6-17-7-18-12(8)10/h3-4H,5-7H2,1-2H3,(H,15,16). The van der Waals surface area contributed by atoms with Crippen molar-refractivity contribution in [3.63, 3.8) is 0 Å². The number of carbonyl (C=O) groups is 1. The van der Waals surface area contributed by atoms with Gasteiger partial charge in [-0.05, 0) is 12.1 Å². The molecule has 1 aliphatic heterocycles. The SMILES string of the molecule is CC(C)(CC(=O)O)c1cc(Br)cc2c1OCOC2. The number of aliphatic carboxylic acids is 1. The Morgan fingerprint density at radius 1 is 1.50 bits per heavy atom. The third-order valence-corrected chi connectivity index (χ3v) is 3.45. The van der Waals surface area contributed by atoms with E-state index in [1.165, 1.54) is 0 Å². The maximum atomic E-state index is 11.0. The van der Waals surface area contributed by atoms with E-state index in [4.69, 9.17) is 14.6 Å². The Balaban J connectivity index is 2.49. The average molecular weight is 315 g/mol. The molecule has 1 aromatic rings. The molecule has 1 N–H and O–H groups in total. The van der Waals surface area contributed by atoms with Gasteiger partial charge in [-0.15, -0.1) is 0 Å². The first-order chi connectivity index (χ1) is 8.40. The second kappa shape index (κ2) is 4.90. The molecule has 1 aromatic carbocycles. The molecule has 1 heterocycles. The first-order valence-corrected chi connectivity index (χ1v) is 6.45. The fraction of sp³-hybridized carbons (Fsp3) is 0.462. The van der Waals surface area contributed by atoms with Gasteiger partial charge in [-0.3, -0.25) is 4.79 Å². The largest absolute Gasteiger partial charge is 0.481 e. The van der Waals surface area contributed by atoms with Crippen molar-refractivity contribution < 1.29 is 19.4 Å². The molecule has 98 valence electrons. The molecule has 0 amide bonds. The van der Waals surface area contributed by atoms with Crippen LogP contribution in [0.1, 0.15) is 31.4 Å². The Hall–Kier alpha value is -1.07. The van der Waals surface area contributed by atoms with Crippen LogP contribution in [0.4, 0.5) is 0 Å². The van der Waals surface area contributed by atoms with Crippen molar-refractivity contribution in [2.45, 2.75) is 32.3 Å². The van der Waals surface area contributed by atoms with E-state index >= 15 is 0 Å². The summed E-state index contributed by atoms with van der Waals surface area (Å²) in [5.74, 6) is -0.0588. The number of hydrogen-bond donors (Lipinski definition) is 1. The number of hydrogen-bond acceptors (Lipinski definition) is 3. The molecule has 18 heavy (non-hydrogen) atoms. The number of benzene rings is 1. The predicted molar refractivity (Wildman–Crippen MR) is 69.7 cm³/mol. The van der Waals surface area contributed by atoms with Gasteiger partial charge >= 0.3 is 5.97 Å². The highest BCUT2D eigenvalue weighted by Gasteiger charge is 2.30. The average Bonchev–Trinajstić information content (AvgIpc) is 2.26. The molecule has 0 bridgehead atoms. The van der Waals surface area contributed by atoms with E-state index < -0.39 is 11.4 Å². The van der Waals surface area contributed by atoms with Crippen molar-refractivity contribution in [2.24, 2.45) is 0 Å². The van der Waals surface area contributed by atoms with Gasteiger partial charge in [0.15, 0.2) is 6.79 Å². The minimum Gasteiger partial charge on any atom is -0.481 e. The quantitative estimate of drug-likeness (QED) is 0.931. The molecular formula is C13H15BrO4. The molecular weight excluding hydrogens is 300 g/mol. The van der Waals surface area contributed by atoms with E-state index in [-0.39, 0.29) is 13.2 Å². The minimum atomic E-state index is -0.819. The molecule has 0 fully saturated rings. The van der Waals surface area contributed by atoms with Gasteiger partial charge in [-0.2, -0.15) is 0 Å². The Morgan fingerprint density at radius 2 is 2.22 bits per heavy atom. The second-order valence-corrected chi connectivity index (χ2v) is 5.92. The number of carboxylic acid groups (broad SMARTS) is 1. The summed E-state index contributed by atoms with van der Waals surface area (Å²) in [5.41, 5.74) is 1.36. The summed E-state index contributed by atoms with van der Waals surface area (Å²) in [7, 11) is 0. The second-order valence-electron chi connectivity index (χ2n) is 5.01. The molecule has 0 unspecified atom stereocenters. The molecule has 0 aliphatic carbocycles. The van der Waals surface area contributed by atoms with Crippen LogP contribution in [0.3, 0.4) is 0 Å². The van der Waals surface area contributed by atoms with Crippen molar-refractivity contribution in [2.75, 3.05) is 6.79 Å². The smallest absolute Gasteiger partial charge is 0.304 e. The van der Waals surface area contributed by atoms with Gasteiger partial charge in [0.05, 0.1) is 13.0 Å². The zero-order valence-electron chi connectivity index (χ0n) is 10.3. The molecule has 1 aliphatic rings. The normalized spacial score (nSPS) is 14.8. The third-order valence-electron chi connectivity index (χ3n) is 3.00. The van der Waals surface area contributed by atoms with E-state index in [0.29, 0.717) is 6.61 Å². The molecule has 0 atom stereocenters. The maximum absolute atomic E-state index is 11.0. The van der Waals surface area contributed by atoms with Gasteiger partial charge in [0, 0.05) is 21.0 Å². The molecule has 0 saturated heterocycles. The first-order valence-electron chi connectivity index (χ1n) is 5.65. The summed E-state index contributed by atoms with van der Waals surface area (Å²) in [6.07, 6.45) is 0.0557. The zero-order valence-corrected chi connectivity index (χ0v) is 11.9. The van der Waals surface area contributed by atoms with E-state index in [2.05, 4.69) is 15.9 Å². The zero-order chi connectivity index (χ0) is 13.3. The number of carboxylic acids is 1. The Kier molecular flexibility index (Phi) is 3.64. The van der Waals surface area contributed by atoms with E-state index in [1.807, 2.05) is 26.0 Å². The Bertz CT molecular complexity index is 482. The van der Waals surface area contributed by atoms with Crippen LogP contribution >= 0.6 is 15.9 Å². The lowest BCUT2D eigenvalue weighted by Crippen LogP contribution is -2.25. The molecule has 0 saturated carbocycles. The van der Waals surface area contributed by atoms with Gasteiger partial charge < -0.3 is 14.6 Å². The third kappa shape index (κ3) is 2.67. The number of halogens is 1. The number of rotatable bonds is 3. The fourth-order valence-electron chi connectivity index (χ4n) is 2.16. The van der Waals surface area contributed by atoms with Crippen LogP contribution < -0.4 is 4.74 Å². The van der Waals surface area contributed by atoms with E-state index in [9.17, 15) is 4.79 Å². The van der Waals surface area contributed by atoms with Crippen molar-refractivity contribution in [1.29, 1.82) is 0 Å². The molecule has 0 aromatic heterocycles. The van der Waals surface area contributed by atoms with Crippen molar-refractivity contribution in [1.82, 2.24) is 0 Å². The molecule has 4 nitrogen and oxygen atoms in total. The van der Waals surface area contributed by atoms with Crippen LogP contribution in [-0.4, -0.2) is 17.9 Å². The molecule has 0 radical (unpaired) electrons. The molecule has 2 rings (SSSR count). The lowest BCUT2D eigenvalue weighted by Gasteiger charge is -2.29. The van der Waals surface area contributed by atoms with Crippen molar-refractivity contribution in [3.05, 3.63) is 27.7 Å². The summed E-state index contributed by atoms with van der Waals surface area (Å²) in [5, 5.41) is 9.01. The van der Waals surface area contributed by atoms with Gasteiger partial charge in [0.25, 0.3) is 0 Å². The highest BCUT2D eigenvalue weighted by atomic mass is 79.9. The van der Waals surface area contributed by atoms with Crippen molar-refractivity contribution >= 4 is 21.9 Å². The van der Waals surface area contributed by atoms with Gasteiger partial charge in [0.1, 0.15) is 5.75 Å². The highest BCUT2D eigenvalue weighted by molar-refractivity contribution is 9.10. The van der Waals surface area contributed by atoms with Gasteiger partial charge in [-0.25, -0.2) is 0 Å². The lowest BCUT2D eigenvalue weighted by atomic mass is 9.80. The predicted octanol–water partition coefficient (Wildman–Crippen LogP) is 3.07. The summed E-state index contributed by atoms with van der Waals surface area (Å²) >= 11 is 3.44. The van der Waals surface area contributed by atoms with Crippen LogP contribution in [0.2, 0.25) is 0 Å². The maximum Gasteiger partial charge on any atom is 0.304 e. The van der Waals surface area contributed by atoms with Crippen LogP contribution in [-0.2, 0) is 21.6 Å². The lowest BCUT2D eigenvalue weighted by molar-refractivity contribution is -0.138. The van der Waals surface area contributed by atoms with Crippen LogP contribution in [0.5, 0.6) is 5.75 Å². The fourth-order valence-corrected chi connectivity index (χ4v) is 2.66. The van der Waals surface area contributed by atoms with E-state index in [1.54, 1.807) is 0 Å². The van der Waals surface area contributed by atoms with Gasteiger partial charge in [-0.1, -0.05) is 29.8 Å². The summed E-state index contributed by atoms with van der Waals surface area (Å²) in [6.45, 7) is 4.51. The summed E-state index contributed by atoms with van der Waals surface area (Å²) in [4.78, 5) is 11.0. The first kappa shape index (κ1) is 13.4. The molecule has 0 spiro atoms.